The van der Waals surface area contributed by atoms with E-state index in [0.717, 1.165) is 16.1 Å². The summed E-state index contributed by atoms with van der Waals surface area (Å²) < 4.78 is 13.0. The second kappa shape index (κ2) is 5.12. The van der Waals surface area contributed by atoms with Crippen LogP contribution in [0.2, 0.25) is 5.02 Å². The Balaban J connectivity index is 2.16. The van der Waals surface area contributed by atoms with Crippen LogP contribution in [0, 0.1) is 12.7 Å². The van der Waals surface area contributed by atoms with Crippen molar-refractivity contribution >= 4 is 22.9 Å². The fourth-order valence-electron chi connectivity index (χ4n) is 1.61. The van der Waals surface area contributed by atoms with Crippen LogP contribution in [0.4, 0.5) is 4.39 Å². The molecule has 1 aromatic carbocycles. The summed E-state index contributed by atoms with van der Waals surface area (Å²) in [5.74, 6) is -0.445. The lowest BCUT2D eigenvalue weighted by Gasteiger charge is -2.09. The molecule has 0 aliphatic carbocycles. The van der Waals surface area contributed by atoms with Gasteiger partial charge in [-0.3, -0.25) is 0 Å². The molecule has 1 N–H and O–H groups in total. The standard InChI is InChI=1S/C12H11ClFNOS/c1-7-12(17-6-15-7)11(16)5-8-2-3-10(14)9(13)4-8/h2-4,6,11,16H,5H2,1H3. The monoisotopic (exact) mass is 271 g/mol. The van der Waals surface area contributed by atoms with Gasteiger partial charge in [0.1, 0.15) is 5.82 Å². The van der Waals surface area contributed by atoms with Gasteiger partial charge < -0.3 is 5.11 Å². The molecule has 1 aromatic heterocycles. The van der Waals surface area contributed by atoms with Gasteiger partial charge in [0.25, 0.3) is 0 Å². The molecule has 0 fully saturated rings. The maximum Gasteiger partial charge on any atom is 0.141 e. The maximum atomic E-state index is 13.0. The molecular weight excluding hydrogens is 261 g/mol. The van der Waals surface area contributed by atoms with Crippen LogP contribution in [0.1, 0.15) is 22.2 Å². The second-order valence-corrected chi connectivity index (χ2v) is 5.06. The predicted molar refractivity (Wildman–Crippen MR) is 66.9 cm³/mol. The molecule has 90 valence electrons. The van der Waals surface area contributed by atoms with Gasteiger partial charge in [0.2, 0.25) is 0 Å². The molecule has 5 heteroatoms. The second-order valence-electron chi connectivity index (χ2n) is 3.77. The molecule has 17 heavy (non-hydrogen) atoms. The minimum absolute atomic E-state index is 0.0794. The van der Waals surface area contributed by atoms with Gasteiger partial charge in [0.05, 0.1) is 27.2 Å². The molecule has 2 nitrogen and oxygen atoms in total. The summed E-state index contributed by atoms with van der Waals surface area (Å²) >= 11 is 7.10. The maximum absolute atomic E-state index is 13.0. The highest BCUT2D eigenvalue weighted by molar-refractivity contribution is 7.09. The number of hydrogen-bond acceptors (Lipinski definition) is 3. The van der Waals surface area contributed by atoms with Crippen molar-refractivity contribution in [3.8, 4) is 0 Å². The SMILES string of the molecule is Cc1ncsc1C(O)Cc1ccc(F)c(Cl)c1. The number of nitrogens with zero attached hydrogens (tertiary/aromatic N) is 1. The van der Waals surface area contributed by atoms with Crippen molar-refractivity contribution < 1.29 is 9.50 Å². The minimum atomic E-state index is -0.621. The number of rotatable bonds is 3. The molecule has 2 aromatic rings. The van der Waals surface area contributed by atoms with E-state index in [4.69, 9.17) is 11.6 Å². The molecule has 2 rings (SSSR count). The molecule has 0 aliphatic heterocycles. The number of aryl methyl sites for hydroxylation is 1. The number of benzene rings is 1. The third-order valence-corrected chi connectivity index (χ3v) is 3.82. The third-order valence-electron chi connectivity index (χ3n) is 2.50. The Morgan fingerprint density at radius 1 is 1.53 bits per heavy atom. The van der Waals surface area contributed by atoms with Crippen molar-refractivity contribution in [1.82, 2.24) is 4.98 Å². The van der Waals surface area contributed by atoms with Crippen molar-refractivity contribution in [1.29, 1.82) is 0 Å². The van der Waals surface area contributed by atoms with Crippen LogP contribution in [0.25, 0.3) is 0 Å². The Labute approximate surface area is 108 Å². The van der Waals surface area contributed by atoms with Crippen LogP contribution >= 0.6 is 22.9 Å². The quantitative estimate of drug-likeness (QED) is 0.927. The van der Waals surface area contributed by atoms with E-state index in [2.05, 4.69) is 4.98 Å². The molecule has 0 aliphatic rings. The highest BCUT2D eigenvalue weighted by atomic mass is 35.5. The zero-order chi connectivity index (χ0) is 12.4. The normalized spacial score (nSPS) is 12.7. The Bertz CT molecular complexity index is 529. The van der Waals surface area contributed by atoms with Crippen LogP contribution < -0.4 is 0 Å². The van der Waals surface area contributed by atoms with E-state index in [1.807, 2.05) is 6.92 Å². The molecule has 1 unspecified atom stereocenters. The number of aromatic nitrogens is 1. The first-order valence-corrected chi connectivity index (χ1v) is 6.35. The van der Waals surface area contributed by atoms with E-state index in [1.54, 1.807) is 11.6 Å². The van der Waals surface area contributed by atoms with Crippen molar-refractivity contribution in [2.24, 2.45) is 0 Å². The lowest BCUT2D eigenvalue weighted by atomic mass is 10.1. The predicted octanol–water partition coefficient (Wildman–Crippen LogP) is 3.52. The van der Waals surface area contributed by atoms with Crippen molar-refractivity contribution in [2.45, 2.75) is 19.4 Å². The smallest absolute Gasteiger partial charge is 0.141 e. The minimum Gasteiger partial charge on any atom is -0.387 e. The van der Waals surface area contributed by atoms with E-state index >= 15 is 0 Å². The molecular formula is C12H11ClFNOS. The van der Waals surface area contributed by atoms with Crippen molar-refractivity contribution in [3.63, 3.8) is 0 Å². The van der Waals surface area contributed by atoms with Gasteiger partial charge in [-0.1, -0.05) is 17.7 Å². The summed E-state index contributed by atoms with van der Waals surface area (Å²) in [5.41, 5.74) is 3.33. The summed E-state index contributed by atoms with van der Waals surface area (Å²) in [5, 5.41) is 10.1. The van der Waals surface area contributed by atoms with Gasteiger partial charge in [-0.05, 0) is 24.6 Å². The molecule has 1 heterocycles. The summed E-state index contributed by atoms with van der Waals surface area (Å²) in [6.45, 7) is 1.85. The van der Waals surface area contributed by atoms with Crippen LogP contribution in [0.5, 0.6) is 0 Å². The molecule has 0 amide bonds. The van der Waals surface area contributed by atoms with Crippen molar-refractivity contribution in [2.75, 3.05) is 0 Å². The fraction of sp³-hybridized carbons (Fsp3) is 0.250. The van der Waals surface area contributed by atoms with Gasteiger partial charge in [-0.25, -0.2) is 9.37 Å². The van der Waals surface area contributed by atoms with Gasteiger partial charge in [0.15, 0.2) is 0 Å². The average Bonchev–Trinajstić information content (AvgIpc) is 2.70. The Kier molecular flexibility index (Phi) is 3.76. The number of thiazole rings is 1. The lowest BCUT2D eigenvalue weighted by molar-refractivity contribution is 0.181. The Hall–Kier alpha value is -0.970. The van der Waals surface area contributed by atoms with Crippen molar-refractivity contribution in [3.05, 3.63) is 50.7 Å². The molecule has 0 saturated heterocycles. The highest BCUT2D eigenvalue weighted by Gasteiger charge is 2.14. The van der Waals surface area contributed by atoms with Crippen LogP contribution in [0.15, 0.2) is 23.7 Å². The fourth-order valence-corrected chi connectivity index (χ4v) is 2.60. The summed E-state index contributed by atoms with van der Waals surface area (Å²) in [4.78, 5) is 4.92. The zero-order valence-corrected chi connectivity index (χ0v) is 10.7. The van der Waals surface area contributed by atoms with E-state index < -0.39 is 11.9 Å². The number of aliphatic hydroxyl groups is 1. The molecule has 0 saturated carbocycles. The van der Waals surface area contributed by atoms with Gasteiger partial charge in [-0.15, -0.1) is 11.3 Å². The van der Waals surface area contributed by atoms with Gasteiger partial charge in [0, 0.05) is 6.42 Å². The van der Waals surface area contributed by atoms with E-state index in [9.17, 15) is 9.50 Å². The summed E-state index contributed by atoms with van der Waals surface area (Å²) in [6, 6.07) is 4.47. The van der Waals surface area contributed by atoms with E-state index in [0.29, 0.717) is 6.42 Å². The van der Waals surface area contributed by atoms with Crippen LogP contribution in [-0.4, -0.2) is 10.1 Å². The number of halogens is 2. The largest absolute Gasteiger partial charge is 0.387 e. The molecule has 0 radical (unpaired) electrons. The topological polar surface area (TPSA) is 33.1 Å². The van der Waals surface area contributed by atoms with Crippen LogP contribution in [0.3, 0.4) is 0 Å². The number of hydrogen-bond donors (Lipinski definition) is 1. The summed E-state index contributed by atoms with van der Waals surface area (Å²) in [7, 11) is 0. The van der Waals surface area contributed by atoms with E-state index in [-0.39, 0.29) is 5.02 Å². The Morgan fingerprint density at radius 2 is 2.29 bits per heavy atom. The van der Waals surface area contributed by atoms with Gasteiger partial charge in [-0.2, -0.15) is 0 Å². The first-order valence-electron chi connectivity index (χ1n) is 5.10. The van der Waals surface area contributed by atoms with Gasteiger partial charge >= 0.3 is 0 Å². The Morgan fingerprint density at radius 3 is 2.88 bits per heavy atom. The lowest BCUT2D eigenvalue weighted by Crippen LogP contribution is -2.01. The first kappa shape index (κ1) is 12.5. The van der Waals surface area contributed by atoms with Crippen LogP contribution in [-0.2, 0) is 6.42 Å². The summed E-state index contributed by atoms with van der Waals surface area (Å²) in [6.07, 6.45) is -0.215. The van der Waals surface area contributed by atoms with E-state index in [1.165, 1.54) is 23.5 Å². The molecule has 0 spiro atoms. The molecule has 0 bridgehead atoms. The zero-order valence-electron chi connectivity index (χ0n) is 9.15. The average molecular weight is 272 g/mol. The number of aliphatic hydroxyl groups excluding tert-OH is 1. The highest BCUT2D eigenvalue weighted by Crippen LogP contribution is 2.26. The third kappa shape index (κ3) is 2.83. The molecule has 1 atom stereocenters. The first-order chi connectivity index (χ1) is 8.08.